The molecule has 0 saturated heterocycles. The van der Waals surface area contributed by atoms with Gasteiger partial charge >= 0.3 is 0 Å². The van der Waals surface area contributed by atoms with Crippen LogP contribution < -0.4 is 10.6 Å². The molecule has 5 atom stereocenters. The topological polar surface area (TPSA) is 122 Å². The third-order valence-electron chi connectivity index (χ3n) is 10.4. The third kappa shape index (κ3) is 12.3. The number of nitrogens with zero attached hydrogens (tertiary/aromatic N) is 2. The monoisotopic (exact) mass is 720 g/mol. The van der Waals surface area contributed by atoms with Crippen LogP contribution in [0.3, 0.4) is 0 Å². The molecule has 2 aliphatic rings. The SMILES string of the molecule is C#CC[C@H](NC(=O)C(CC(=O)N(C)CCN1Cc2cccc(Cl)c2C1)Cc1ccccc1)C(=O)N[C@@H](CC1CCCCC1)[C@@H](O)[C@@H](O)CC(C)C. The number of hydrogen-bond acceptors (Lipinski definition) is 6. The molecule has 0 aromatic heterocycles. The third-order valence-corrected chi connectivity index (χ3v) is 10.8. The van der Waals surface area contributed by atoms with Gasteiger partial charge in [-0.25, -0.2) is 0 Å². The molecule has 4 N–H and O–H groups in total. The number of amides is 3. The Bertz CT molecular complexity index is 1470. The number of nitrogens with one attached hydrogen (secondary N) is 2. The number of carbonyl (C=O) groups excluding carboxylic acids is 3. The van der Waals surface area contributed by atoms with E-state index in [1.165, 1.54) is 12.0 Å². The second kappa shape index (κ2) is 20.0. The standard InChI is InChI=1S/C41H57ClN4O5/c1-5-13-35(41(51)44-36(24-30-16-10-7-11-17-30)39(49)37(47)22-28(2)3)43-40(50)32(23-29-14-8-6-9-15-29)25-38(48)45(4)20-21-46-26-31-18-12-19-34(42)33(31)27-46/h1,6,8-9,12,14-15,18-19,28,30,32,35-37,39,47,49H,7,10-11,13,16-17,20-27H2,2-4H3,(H,43,50)(H,44,51)/t32?,35-,36-,37-,39+/m0/s1. The maximum absolute atomic E-state index is 13.9. The largest absolute Gasteiger partial charge is 0.390 e. The van der Waals surface area contributed by atoms with E-state index in [0.29, 0.717) is 38.3 Å². The number of aliphatic hydroxyl groups is 2. The summed E-state index contributed by atoms with van der Waals surface area (Å²) in [4.78, 5) is 45.2. The maximum Gasteiger partial charge on any atom is 0.243 e. The van der Waals surface area contributed by atoms with Gasteiger partial charge in [-0.3, -0.25) is 19.3 Å². The average molecular weight is 721 g/mol. The predicted molar refractivity (Wildman–Crippen MR) is 201 cm³/mol. The number of likely N-dealkylation sites (N-methyl/N-ethyl adjacent to an activating group) is 1. The summed E-state index contributed by atoms with van der Waals surface area (Å²) in [6.45, 7) is 6.59. The molecule has 9 nitrogen and oxygen atoms in total. The van der Waals surface area contributed by atoms with Crippen molar-refractivity contribution in [2.24, 2.45) is 17.8 Å². The van der Waals surface area contributed by atoms with Gasteiger partial charge in [0.05, 0.1) is 18.1 Å². The molecule has 1 heterocycles. The molecule has 0 spiro atoms. The summed E-state index contributed by atoms with van der Waals surface area (Å²) < 4.78 is 0. The van der Waals surface area contributed by atoms with Crippen LogP contribution in [0.25, 0.3) is 0 Å². The zero-order chi connectivity index (χ0) is 36.9. The Morgan fingerprint density at radius 1 is 1.00 bits per heavy atom. The van der Waals surface area contributed by atoms with Crippen LogP contribution in [0.4, 0.5) is 0 Å². The van der Waals surface area contributed by atoms with Crippen LogP contribution >= 0.6 is 11.6 Å². The lowest BCUT2D eigenvalue weighted by Gasteiger charge is -2.33. The fraction of sp³-hybridized carbons (Fsp3) is 0.585. The highest BCUT2D eigenvalue weighted by atomic mass is 35.5. The van der Waals surface area contributed by atoms with E-state index in [2.05, 4.69) is 27.5 Å². The first-order chi connectivity index (χ1) is 24.4. The summed E-state index contributed by atoms with van der Waals surface area (Å²) in [7, 11) is 1.75. The summed E-state index contributed by atoms with van der Waals surface area (Å²) in [6.07, 6.45) is 10.0. The molecule has 0 radical (unpaired) electrons. The lowest BCUT2D eigenvalue weighted by Crippen LogP contribution is -2.56. The van der Waals surface area contributed by atoms with E-state index in [-0.39, 0.29) is 24.7 Å². The van der Waals surface area contributed by atoms with Crippen molar-refractivity contribution in [3.63, 3.8) is 0 Å². The van der Waals surface area contributed by atoms with Gasteiger partial charge in [0, 0.05) is 51.1 Å². The van der Waals surface area contributed by atoms with Crippen LogP contribution in [0.15, 0.2) is 48.5 Å². The van der Waals surface area contributed by atoms with E-state index < -0.39 is 42.0 Å². The summed E-state index contributed by atoms with van der Waals surface area (Å²) in [5.74, 6) is 1.13. The highest BCUT2D eigenvalue weighted by molar-refractivity contribution is 6.31. The molecule has 1 saturated carbocycles. The molecule has 4 rings (SSSR count). The van der Waals surface area contributed by atoms with E-state index in [1.807, 2.05) is 56.3 Å². The second-order valence-corrected chi connectivity index (χ2v) is 15.4. The van der Waals surface area contributed by atoms with Crippen molar-refractivity contribution < 1.29 is 24.6 Å². The van der Waals surface area contributed by atoms with Gasteiger partial charge < -0.3 is 25.7 Å². The predicted octanol–water partition coefficient (Wildman–Crippen LogP) is 5.09. The quantitative estimate of drug-likeness (QED) is 0.159. The minimum absolute atomic E-state index is 0.0436. The van der Waals surface area contributed by atoms with Crippen LogP contribution in [0.1, 0.15) is 88.3 Å². The number of carbonyl (C=O) groups is 3. The van der Waals surface area contributed by atoms with Gasteiger partial charge in [0.15, 0.2) is 0 Å². The molecule has 1 unspecified atom stereocenters. The first-order valence-electron chi connectivity index (χ1n) is 18.6. The van der Waals surface area contributed by atoms with Crippen molar-refractivity contribution in [3.05, 3.63) is 70.2 Å². The Balaban J connectivity index is 1.42. The summed E-state index contributed by atoms with van der Waals surface area (Å²) in [5, 5.41) is 28.6. The van der Waals surface area contributed by atoms with Crippen LogP contribution in [0.2, 0.25) is 5.02 Å². The van der Waals surface area contributed by atoms with Crippen LogP contribution in [-0.2, 0) is 33.9 Å². The lowest BCUT2D eigenvalue weighted by atomic mass is 9.82. The normalized spacial score (nSPS) is 17.8. The van der Waals surface area contributed by atoms with E-state index >= 15 is 0 Å². The number of terminal acetylenes is 1. The van der Waals surface area contributed by atoms with Crippen molar-refractivity contribution in [3.8, 4) is 12.3 Å². The molecule has 51 heavy (non-hydrogen) atoms. The molecule has 0 bridgehead atoms. The zero-order valence-electron chi connectivity index (χ0n) is 30.5. The Kier molecular flexibility index (Phi) is 15.8. The molecular formula is C41H57ClN4O5. The van der Waals surface area contributed by atoms with Gasteiger partial charge in [0.2, 0.25) is 17.7 Å². The van der Waals surface area contributed by atoms with Gasteiger partial charge in [0.25, 0.3) is 0 Å². The Hall–Kier alpha value is -3.42. The van der Waals surface area contributed by atoms with Gasteiger partial charge in [-0.2, -0.15) is 0 Å². The van der Waals surface area contributed by atoms with Crippen LogP contribution in [0.5, 0.6) is 0 Å². The molecular weight excluding hydrogens is 664 g/mol. The number of hydrogen-bond donors (Lipinski definition) is 4. The number of halogens is 1. The van der Waals surface area contributed by atoms with Gasteiger partial charge in [0.1, 0.15) is 12.1 Å². The molecule has 1 aliphatic heterocycles. The highest BCUT2D eigenvalue weighted by Gasteiger charge is 2.34. The van der Waals surface area contributed by atoms with E-state index in [9.17, 15) is 24.6 Å². The summed E-state index contributed by atoms with van der Waals surface area (Å²) in [5.41, 5.74) is 3.22. The van der Waals surface area contributed by atoms with Crippen molar-refractivity contribution in [1.82, 2.24) is 20.4 Å². The number of fused-ring (bicyclic) bond motifs is 1. The van der Waals surface area contributed by atoms with Crippen molar-refractivity contribution in [2.45, 2.75) is 115 Å². The summed E-state index contributed by atoms with van der Waals surface area (Å²) >= 11 is 6.40. The van der Waals surface area contributed by atoms with Gasteiger partial charge in [-0.05, 0) is 53.9 Å². The van der Waals surface area contributed by atoms with E-state index in [4.69, 9.17) is 18.0 Å². The zero-order valence-corrected chi connectivity index (χ0v) is 31.3. The second-order valence-electron chi connectivity index (χ2n) is 15.0. The smallest absolute Gasteiger partial charge is 0.243 e. The molecule has 1 fully saturated rings. The molecule has 2 aromatic carbocycles. The number of benzene rings is 2. The van der Waals surface area contributed by atoms with Crippen molar-refractivity contribution in [2.75, 3.05) is 20.1 Å². The maximum atomic E-state index is 13.9. The van der Waals surface area contributed by atoms with Gasteiger partial charge in [-0.15, -0.1) is 12.3 Å². The van der Waals surface area contributed by atoms with Gasteiger partial charge in [-0.1, -0.05) is 100 Å². The van der Waals surface area contributed by atoms with Crippen molar-refractivity contribution in [1.29, 1.82) is 0 Å². The van der Waals surface area contributed by atoms with Crippen molar-refractivity contribution >= 4 is 29.3 Å². The molecule has 278 valence electrons. The fourth-order valence-corrected chi connectivity index (χ4v) is 7.66. The Morgan fingerprint density at radius 3 is 2.39 bits per heavy atom. The highest BCUT2D eigenvalue weighted by Crippen LogP contribution is 2.30. The minimum atomic E-state index is -1.16. The Labute approximate surface area is 309 Å². The van der Waals surface area contributed by atoms with E-state index in [0.717, 1.165) is 54.9 Å². The van der Waals surface area contributed by atoms with Crippen LogP contribution in [0, 0.1) is 30.1 Å². The number of aliphatic hydroxyl groups excluding tert-OH is 2. The molecule has 10 heteroatoms. The fourth-order valence-electron chi connectivity index (χ4n) is 7.40. The number of rotatable bonds is 18. The molecule has 2 aromatic rings. The van der Waals surface area contributed by atoms with Crippen LogP contribution in [-0.4, -0.2) is 82.2 Å². The molecule has 1 aliphatic carbocycles. The Morgan fingerprint density at radius 2 is 1.73 bits per heavy atom. The summed E-state index contributed by atoms with van der Waals surface area (Å²) in [6, 6.07) is 13.7. The first-order valence-corrected chi connectivity index (χ1v) is 19.0. The first kappa shape index (κ1) is 40.4. The van der Waals surface area contributed by atoms with E-state index in [1.54, 1.807) is 11.9 Å². The minimum Gasteiger partial charge on any atom is -0.390 e. The average Bonchev–Trinajstić information content (AvgIpc) is 3.54. The lowest BCUT2D eigenvalue weighted by molar-refractivity contribution is -0.137. The molecule has 3 amide bonds.